The second kappa shape index (κ2) is 8.37. The molecular weight excluding hydrogens is 270 g/mol. The summed E-state index contributed by atoms with van der Waals surface area (Å²) in [6.07, 6.45) is 0.283. The maximum absolute atomic E-state index is 10.5. The number of rotatable bonds is 4. The minimum atomic E-state index is -0.831. The molecule has 0 unspecified atom stereocenters. The van der Waals surface area contributed by atoms with Crippen LogP contribution in [-0.4, -0.2) is 17.5 Å². The molecule has 0 heterocycles. The van der Waals surface area contributed by atoms with E-state index in [-0.39, 0.29) is 12.8 Å². The summed E-state index contributed by atoms with van der Waals surface area (Å²) in [4.78, 5) is 19.1. The second-order valence-corrected chi connectivity index (χ2v) is 4.27. The minimum absolute atomic E-state index is 0.0326. The lowest BCUT2D eigenvalue weighted by Crippen LogP contribution is -1.99. The van der Waals surface area contributed by atoms with Crippen LogP contribution in [0.5, 0.6) is 11.5 Å². The molecule has 0 spiro atoms. The molecule has 2 aromatic carbocycles. The maximum Gasteiger partial charge on any atom is 0.307 e. The average molecular weight is 287 g/mol. The van der Waals surface area contributed by atoms with Crippen molar-refractivity contribution in [2.75, 3.05) is 0 Å². The van der Waals surface area contributed by atoms with Gasteiger partial charge in [-0.3, -0.25) is 9.59 Å². The number of carbonyl (C=O) groups excluding carboxylic acids is 1. The largest absolute Gasteiger partial charge is 0.481 e. The van der Waals surface area contributed by atoms with Gasteiger partial charge >= 0.3 is 5.97 Å². The van der Waals surface area contributed by atoms with Gasteiger partial charge in [-0.2, -0.15) is 0 Å². The van der Waals surface area contributed by atoms with Crippen LogP contribution in [0, 0.1) is 6.92 Å². The number of aliphatic carboxylic acids is 1. The van der Waals surface area contributed by atoms with Crippen LogP contribution in [0.25, 0.3) is 0 Å². The molecule has 110 valence electrons. The van der Waals surface area contributed by atoms with Gasteiger partial charge in [0.2, 0.25) is 6.41 Å². The van der Waals surface area contributed by atoms with Crippen LogP contribution in [0.1, 0.15) is 11.1 Å². The third-order valence-electron chi connectivity index (χ3n) is 2.54. The number of aryl methyl sites for hydroxylation is 1. The van der Waals surface area contributed by atoms with Crippen molar-refractivity contribution in [2.24, 2.45) is 5.73 Å². The summed E-state index contributed by atoms with van der Waals surface area (Å²) < 4.78 is 5.65. The van der Waals surface area contributed by atoms with Crippen LogP contribution >= 0.6 is 0 Å². The number of benzene rings is 2. The van der Waals surface area contributed by atoms with Gasteiger partial charge in [0, 0.05) is 0 Å². The first kappa shape index (κ1) is 16.2. The van der Waals surface area contributed by atoms with Gasteiger partial charge in [0.25, 0.3) is 0 Å². The summed E-state index contributed by atoms with van der Waals surface area (Å²) in [6.45, 7) is 2.02. The second-order valence-electron chi connectivity index (χ2n) is 4.27. The zero-order valence-corrected chi connectivity index (χ0v) is 11.7. The van der Waals surface area contributed by atoms with Gasteiger partial charge in [0.05, 0.1) is 6.42 Å². The topological polar surface area (TPSA) is 89.6 Å². The fourth-order valence-corrected chi connectivity index (χ4v) is 1.59. The lowest BCUT2D eigenvalue weighted by atomic mass is 10.1. The first-order valence-corrected chi connectivity index (χ1v) is 6.25. The van der Waals surface area contributed by atoms with Crippen molar-refractivity contribution in [3.8, 4) is 11.5 Å². The van der Waals surface area contributed by atoms with Gasteiger partial charge in [-0.1, -0.05) is 29.8 Å². The van der Waals surface area contributed by atoms with Gasteiger partial charge in [0.15, 0.2) is 0 Å². The highest BCUT2D eigenvalue weighted by Gasteiger charge is 2.01. The molecule has 0 saturated heterocycles. The number of carboxylic acids is 1. The van der Waals surface area contributed by atoms with E-state index in [1.54, 1.807) is 24.3 Å². The molecule has 5 nitrogen and oxygen atoms in total. The Morgan fingerprint density at radius 3 is 1.95 bits per heavy atom. The Hall–Kier alpha value is -2.82. The number of nitrogens with two attached hydrogens (primary N) is 1. The quantitative estimate of drug-likeness (QED) is 0.845. The van der Waals surface area contributed by atoms with E-state index in [0.717, 1.165) is 11.3 Å². The smallest absolute Gasteiger partial charge is 0.307 e. The summed E-state index contributed by atoms with van der Waals surface area (Å²) in [7, 11) is 0. The molecule has 0 aromatic heterocycles. The van der Waals surface area contributed by atoms with Crippen molar-refractivity contribution in [3.63, 3.8) is 0 Å². The van der Waals surface area contributed by atoms with Crippen LogP contribution in [0.4, 0.5) is 0 Å². The molecule has 21 heavy (non-hydrogen) atoms. The van der Waals surface area contributed by atoms with Crippen LogP contribution in [0.3, 0.4) is 0 Å². The molecule has 1 amide bonds. The summed E-state index contributed by atoms with van der Waals surface area (Å²) >= 11 is 0. The molecule has 2 rings (SSSR count). The number of primary amides is 1. The van der Waals surface area contributed by atoms with E-state index in [9.17, 15) is 4.79 Å². The lowest BCUT2D eigenvalue weighted by Gasteiger charge is -2.06. The Balaban J connectivity index is 0.000000677. The van der Waals surface area contributed by atoms with Crippen LogP contribution in [-0.2, 0) is 16.0 Å². The minimum Gasteiger partial charge on any atom is -0.481 e. The highest BCUT2D eigenvalue weighted by atomic mass is 16.5. The molecule has 0 aliphatic carbocycles. The van der Waals surface area contributed by atoms with E-state index >= 15 is 0 Å². The SMILES string of the molecule is Cc1ccc(Oc2ccc(CC(=O)O)cc2)cc1.NC=O. The highest BCUT2D eigenvalue weighted by Crippen LogP contribution is 2.22. The Morgan fingerprint density at radius 2 is 1.52 bits per heavy atom. The molecule has 0 aliphatic rings. The molecule has 5 heteroatoms. The van der Waals surface area contributed by atoms with Crippen LogP contribution < -0.4 is 10.5 Å². The number of carbonyl (C=O) groups is 2. The van der Waals surface area contributed by atoms with Crippen LogP contribution in [0.2, 0.25) is 0 Å². The first-order chi connectivity index (χ1) is 10.0. The van der Waals surface area contributed by atoms with Gasteiger partial charge in [-0.05, 0) is 36.8 Å². The molecule has 0 bridgehead atoms. The average Bonchev–Trinajstić information content (AvgIpc) is 2.44. The number of hydrogen-bond donors (Lipinski definition) is 2. The van der Waals surface area contributed by atoms with E-state index in [2.05, 4.69) is 5.73 Å². The van der Waals surface area contributed by atoms with Crippen molar-refractivity contribution in [2.45, 2.75) is 13.3 Å². The molecule has 2 aromatic rings. The van der Waals surface area contributed by atoms with E-state index in [4.69, 9.17) is 14.6 Å². The lowest BCUT2D eigenvalue weighted by molar-refractivity contribution is -0.136. The fraction of sp³-hybridized carbons (Fsp3) is 0.125. The summed E-state index contributed by atoms with van der Waals surface area (Å²) in [5, 5.41) is 8.67. The summed E-state index contributed by atoms with van der Waals surface area (Å²) in [5.74, 6) is 0.641. The van der Waals surface area contributed by atoms with Crippen molar-refractivity contribution in [3.05, 3.63) is 59.7 Å². The predicted molar refractivity (Wildman–Crippen MR) is 79.3 cm³/mol. The van der Waals surface area contributed by atoms with E-state index < -0.39 is 5.97 Å². The summed E-state index contributed by atoms with van der Waals surface area (Å²) in [6, 6.07) is 14.8. The highest BCUT2D eigenvalue weighted by molar-refractivity contribution is 5.70. The zero-order valence-electron chi connectivity index (χ0n) is 11.7. The number of carboxylic acid groups (broad SMARTS) is 1. The van der Waals surface area contributed by atoms with Gasteiger partial charge in [-0.25, -0.2) is 0 Å². The van der Waals surface area contributed by atoms with E-state index in [0.29, 0.717) is 5.75 Å². The molecule has 0 aliphatic heterocycles. The van der Waals surface area contributed by atoms with E-state index in [1.807, 2.05) is 31.2 Å². The Kier molecular flexibility index (Phi) is 6.47. The number of hydrogen-bond acceptors (Lipinski definition) is 3. The molecule has 0 radical (unpaired) electrons. The monoisotopic (exact) mass is 287 g/mol. The van der Waals surface area contributed by atoms with Crippen molar-refractivity contribution < 1.29 is 19.4 Å². The normalized spacial score (nSPS) is 9.19. The molecule has 0 atom stereocenters. The van der Waals surface area contributed by atoms with Gasteiger partial charge < -0.3 is 15.6 Å². The number of ether oxygens (including phenoxy) is 1. The molecule has 0 fully saturated rings. The Morgan fingerprint density at radius 1 is 1.10 bits per heavy atom. The van der Waals surface area contributed by atoms with Crippen molar-refractivity contribution >= 4 is 12.4 Å². The van der Waals surface area contributed by atoms with Crippen LogP contribution in [0.15, 0.2) is 48.5 Å². The zero-order chi connectivity index (χ0) is 15.7. The first-order valence-electron chi connectivity index (χ1n) is 6.25. The third kappa shape index (κ3) is 6.24. The molecule has 3 N–H and O–H groups in total. The number of amides is 1. The Labute approximate surface area is 123 Å². The molecule has 0 saturated carbocycles. The standard InChI is InChI=1S/C15H14O3.CH3NO/c1-11-2-6-13(7-3-11)18-14-8-4-12(5-9-14)10-15(16)17;2-1-3/h2-9H,10H2,1H3,(H,16,17);1H,(H2,2,3). The maximum atomic E-state index is 10.5. The van der Waals surface area contributed by atoms with Crippen molar-refractivity contribution in [1.82, 2.24) is 0 Å². The van der Waals surface area contributed by atoms with Gasteiger partial charge in [-0.15, -0.1) is 0 Å². The van der Waals surface area contributed by atoms with E-state index in [1.165, 1.54) is 5.56 Å². The molecular formula is C16H17NO4. The fourth-order valence-electron chi connectivity index (χ4n) is 1.59. The predicted octanol–water partition coefficient (Wildman–Crippen LogP) is 2.52. The van der Waals surface area contributed by atoms with Crippen molar-refractivity contribution in [1.29, 1.82) is 0 Å². The summed E-state index contributed by atoms with van der Waals surface area (Å²) in [5.41, 5.74) is 6.11. The van der Waals surface area contributed by atoms with Gasteiger partial charge in [0.1, 0.15) is 11.5 Å². The Bertz CT molecular complexity index is 576. The third-order valence-corrected chi connectivity index (χ3v) is 2.54.